The SMILES string of the molecule is C#C[C@H](CSC(=O)c1ccccc1)NC(=O)OCc1ccccc1. The minimum absolute atomic E-state index is 0.0877. The van der Waals surface area contributed by atoms with E-state index in [9.17, 15) is 9.59 Å². The lowest BCUT2D eigenvalue weighted by molar-refractivity contribution is 0.108. The van der Waals surface area contributed by atoms with E-state index in [0.29, 0.717) is 5.56 Å². The number of carbonyl (C=O) groups is 2. The van der Waals surface area contributed by atoms with Gasteiger partial charge in [-0.1, -0.05) is 78.3 Å². The van der Waals surface area contributed by atoms with E-state index in [1.165, 1.54) is 0 Å². The van der Waals surface area contributed by atoms with Gasteiger partial charge >= 0.3 is 6.09 Å². The maximum atomic E-state index is 12.0. The number of benzene rings is 2. The fourth-order valence-corrected chi connectivity index (χ4v) is 2.66. The first-order valence-corrected chi connectivity index (χ1v) is 8.33. The molecule has 0 aliphatic rings. The van der Waals surface area contributed by atoms with Gasteiger partial charge in [-0.25, -0.2) is 4.79 Å². The first-order chi connectivity index (χ1) is 11.7. The molecule has 0 saturated carbocycles. The number of hydrogen-bond donors (Lipinski definition) is 1. The summed E-state index contributed by atoms with van der Waals surface area (Å²) in [5.41, 5.74) is 1.49. The van der Waals surface area contributed by atoms with Gasteiger partial charge in [0.05, 0.1) is 0 Å². The molecule has 2 rings (SSSR count). The van der Waals surface area contributed by atoms with E-state index in [1.807, 2.05) is 36.4 Å². The smallest absolute Gasteiger partial charge is 0.408 e. The van der Waals surface area contributed by atoms with Crippen LogP contribution in [0.1, 0.15) is 15.9 Å². The summed E-state index contributed by atoms with van der Waals surface area (Å²) in [6.45, 7) is 0.167. The number of terminal acetylenes is 1. The first-order valence-electron chi connectivity index (χ1n) is 7.34. The molecule has 24 heavy (non-hydrogen) atoms. The van der Waals surface area contributed by atoms with Crippen molar-refractivity contribution in [1.82, 2.24) is 5.32 Å². The Morgan fingerprint density at radius 3 is 2.33 bits per heavy atom. The monoisotopic (exact) mass is 339 g/mol. The second-order valence-electron chi connectivity index (χ2n) is 4.89. The third-order valence-electron chi connectivity index (χ3n) is 3.10. The number of rotatable bonds is 6. The molecule has 0 aromatic heterocycles. The Balaban J connectivity index is 1.76. The third-order valence-corrected chi connectivity index (χ3v) is 4.09. The van der Waals surface area contributed by atoms with Crippen molar-refractivity contribution < 1.29 is 14.3 Å². The molecule has 4 nitrogen and oxygen atoms in total. The molecule has 0 fully saturated rings. The standard InChI is InChI=1S/C19H17NO3S/c1-2-17(14-24-18(21)16-11-7-4-8-12-16)20-19(22)23-13-15-9-5-3-6-10-15/h1,3-12,17H,13-14H2,(H,20,22)/t17-/m1/s1. The Labute approximate surface area is 145 Å². The van der Waals surface area contributed by atoms with Crippen LogP contribution in [0.15, 0.2) is 60.7 Å². The van der Waals surface area contributed by atoms with Crippen LogP contribution < -0.4 is 5.32 Å². The molecule has 1 amide bonds. The molecule has 0 aliphatic heterocycles. The van der Waals surface area contributed by atoms with Crippen LogP contribution in [-0.2, 0) is 11.3 Å². The highest BCUT2D eigenvalue weighted by molar-refractivity contribution is 8.14. The van der Waals surface area contributed by atoms with E-state index in [4.69, 9.17) is 11.2 Å². The molecule has 0 saturated heterocycles. The van der Waals surface area contributed by atoms with Crippen LogP contribution in [0.3, 0.4) is 0 Å². The van der Waals surface area contributed by atoms with Gasteiger partial charge in [0, 0.05) is 11.3 Å². The summed E-state index contributed by atoms with van der Waals surface area (Å²) in [7, 11) is 0. The minimum Gasteiger partial charge on any atom is -0.445 e. The lowest BCUT2D eigenvalue weighted by Gasteiger charge is -2.12. The zero-order valence-corrected chi connectivity index (χ0v) is 13.8. The number of carbonyl (C=O) groups excluding carboxylic acids is 2. The van der Waals surface area contributed by atoms with E-state index < -0.39 is 12.1 Å². The Kier molecular flexibility index (Phi) is 6.93. The van der Waals surface area contributed by atoms with Gasteiger partial charge in [-0.3, -0.25) is 4.79 Å². The van der Waals surface area contributed by atoms with Gasteiger partial charge in [-0.15, -0.1) is 6.42 Å². The topological polar surface area (TPSA) is 55.4 Å². The molecule has 0 unspecified atom stereocenters. The summed E-state index contributed by atoms with van der Waals surface area (Å²) in [4.78, 5) is 23.8. The number of hydrogen-bond acceptors (Lipinski definition) is 4. The van der Waals surface area contributed by atoms with Crippen LogP contribution in [0.5, 0.6) is 0 Å². The normalized spacial score (nSPS) is 11.1. The van der Waals surface area contributed by atoms with Crippen molar-refractivity contribution in [1.29, 1.82) is 0 Å². The number of amides is 1. The molecule has 2 aromatic rings. The Morgan fingerprint density at radius 1 is 1.08 bits per heavy atom. The molecular formula is C19H17NO3S. The molecule has 0 heterocycles. The van der Waals surface area contributed by atoms with Crippen molar-refractivity contribution in [2.45, 2.75) is 12.6 Å². The van der Waals surface area contributed by atoms with Crippen LogP contribution in [-0.4, -0.2) is 23.0 Å². The predicted molar refractivity (Wildman–Crippen MR) is 95.6 cm³/mol. The molecule has 2 aromatic carbocycles. The Bertz CT molecular complexity index is 710. The number of ether oxygens (including phenoxy) is 1. The minimum atomic E-state index is -0.602. The molecule has 0 spiro atoms. The zero-order chi connectivity index (χ0) is 17.2. The van der Waals surface area contributed by atoms with Crippen LogP contribution in [0.2, 0.25) is 0 Å². The fourth-order valence-electron chi connectivity index (χ4n) is 1.86. The van der Waals surface area contributed by atoms with E-state index in [-0.39, 0.29) is 17.5 Å². The van der Waals surface area contributed by atoms with E-state index in [1.54, 1.807) is 24.3 Å². The molecule has 0 radical (unpaired) electrons. The molecule has 1 atom stereocenters. The van der Waals surface area contributed by atoms with Crippen molar-refractivity contribution in [3.05, 3.63) is 71.8 Å². The lowest BCUT2D eigenvalue weighted by atomic mass is 10.2. The number of thioether (sulfide) groups is 1. The highest BCUT2D eigenvalue weighted by Gasteiger charge is 2.14. The van der Waals surface area contributed by atoms with Gasteiger partial charge in [0.25, 0.3) is 0 Å². The summed E-state index contributed by atoms with van der Waals surface area (Å²) in [6, 6.07) is 17.7. The maximum absolute atomic E-state index is 12.0. The third kappa shape index (κ3) is 5.82. The quantitative estimate of drug-likeness (QED) is 0.819. The van der Waals surface area contributed by atoms with E-state index in [0.717, 1.165) is 17.3 Å². The summed E-state index contributed by atoms with van der Waals surface area (Å²) in [5, 5.41) is 2.49. The van der Waals surface area contributed by atoms with Crippen molar-refractivity contribution in [2.75, 3.05) is 5.75 Å². The average Bonchev–Trinajstić information content (AvgIpc) is 2.64. The Morgan fingerprint density at radius 2 is 1.71 bits per heavy atom. The summed E-state index contributed by atoms with van der Waals surface area (Å²) < 4.78 is 5.11. The lowest BCUT2D eigenvalue weighted by Crippen LogP contribution is -2.36. The van der Waals surface area contributed by atoms with Gasteiger partial charge in [-0.2, -0.15) is 0 Å². The molecular weight excluding hydrogens is 322 g/mol. The van der Waals surface area contributed by atoms with Crippen molar-refractivity contribution >= 4 is 23.0 Å². The molecule has 122 valence electrons. The molecule has 0 bridgehead atoms. The predicted octanol–water partition coefficient (Wildman–Crippen LogP) is 3.49. The molecule has 1 N–H and O–H groups in total. The van der Waals surface area contributed by atoms with Gasteiger partial charge in [-0.05, 0) is 5.56 Å². The molecule has 5 heteroatoms. The van der Waals surface area contributed by atoms with Crippen LogP contribution >= 0.6 is 11.8 Å². The summed E-state index contributed by atoms with van der Waals surface area (Å²) >= 11 is 1.07. The van der Waals surface area contributed by atoms with Gasteiger partial charge in [0.1, 0.15) is 12.6 Å². The highest BCUT2D eigenvalue weighted by atomic mass is 32.2. The zero-order valence-electron chi connectivity index (χ0n) is 13.0. The average molecular weight is 339 g/mol. The van der Waals surface area contributed by atoms with Gasteiger partial charge in [0.2, 0.25) is 5.12 Å². The van der Waals surface area contributed by atoms with Crippen LogP contribution in [0.25, 0.3) is 0 Å². The highest BCUT2D eigenvalue weighted by Crippen LogP contribution is 2.13. The summed E-state index contributed by atoms with van der Waals surface area (Å²) in [5.74, 6) is 2.74. The fraction of sp³-hybridized carbons (Fsp3) is 0.158. The first kappa shape index (κ1) is 17.6. The summed E-state index contributed by atoms with van der Waals surface area (Å²) in [6.07, 6.45) is 4.81. The second kappa shape index (κ2) is 9.43. The van der Waals surface area contributed by atoms with Gasteiger partial charge in [0.15, 0.2) is 0 Å². The largest absolute Gasteiger partial charge is 0.445 e. The maximum Gasteiger partial charge on any atom is 0.408 e. The van der Waals surface area contributed by atoms with E-state index in [2.05, 4.69) is 11.2 Å². The van der Waals surface area contributed by atoms with Crippen molar-refractivity contribution in [3.8, 4) is 12.3 Å². The van der Waals surface area contributed by atoms with Crippen molar-refractivity contribution in [3.63, 3.8) is 0 Å². The van der Waals surface area contributed by atoms with Gasteiger partial charge < -0.3 is 10.1 Å². The second-order valence-corrected chi connectivity index (χ2v) is 5.88. The van der Waals surface area contributed by atoms with E-state index >= 15 is 0 Å². The molecule has 0 aliphatic carbocycles. The van der Waals surface area contributed by atoms with Crippen LogP contribution in [0.4, 0.5) is 4.79 Å². The Hall–Kier alpha value is -2.71. The van der Waals surface area contributed by atoms with Crippen molar-refractivity contribution in [2.24, 2.45) is 0 Å². The number of alkyl carbamates (subject to hydrolysis) is 1. The number of nitrogens with one attached hydrogen (secondary N) is 1. The van der Waals surface area contributed by atoms with Crippen LogP contribution in [0, 0.1) is 12.3 Å².